The van der Waals surface area contributed by atoms with Crippen LogP contribution in [0.15, 0.2) is 4.52 Å². The molecular weight excluding hydrogens is 258 g/mol. The van der Waals surface area contributed by atoms with E-state index < -0.39 is 5.54 Å². The summed E-state index contributed by atoms with van der Waals surface area (Å²) in [5.41, 5.74) is 5.85. The SMILES string of the molecule is CN(C)C(=O)N1CCC(N)(c2noc(C3CC3)n2)CC1. The van der Waals surface area contributed by atoms with Crippen molar-refractivity contribution in [2.45, 2.75) is 37.1 Å². The maximum Gasteiger partial charge on any atom is 0.319 e. The van der Waals surface area contributed by atoms with E-state index in [4.69, 9.17) is 10.3 Å². The minimum atomic E-state index is -0.570. The highest BCUT2D eigenvalue weighted by Crippen LogP contribution is 2.40. The Hall–Kier alpha value is -1.63. The van der Waals surface area contributed by atoms with Crippen LogP contribution in [0, 0.1) is 0 Å². The minimum absolute atomic E-state index is 0.0267. The van der Waals surface area contributed by atoms with Crippen LogP contribution < -0.4 is 5.73 Å². The first-order valence-electron chi connectivity index (χ1n) is 7.09. The Labute approximate surface area is 118 Å². The molecule has 110 valence electrons. The molecule has 20 heavy (non-hydrogen) atoms. The van der Waals surface area contributed by atoms with Crippen LogP contribution in [0.5, 0.6) is 0 Å². The highest BCUT2D eigenvalue weighted by atomic mass is 16.5. The van der Waals surface area contributed by atoms with Gasteiger partial charge in [0, 0.05) is 33.1 Å². The van der Waals surface area contributed by atoms with Crippen LogP contribution in [0.4, 0.5) is 4.79 Å². The van der Waals surface area contributed by atoms with Crippen molar-refractivity contribution in [2.75, 3.05) is 27.2 Å². The van der Waals surface area contributed by atoms with E-state index in [9.17, 15) is 4.79 Å². The smallest absolute Gasteiger partial charge is 0.319 e. The molecule has 1 saturated heterocycles. The van der Waals surface area contributed by atoms with Gasteiger partial charge in [0.1, 0.15) is 0 Å². The molecule has 2 aliphatic rings. The Morgan fingerprint density at radius 1 is 1.40 bits per heavy atom. The lowest BCUT2D eigenvalue weighted by atomic mass is 9.88. The average molecular weight is 279 g/mol. The zero-order chi connectivity index (χ0) is 14.3. The fourth-order valence-electron chi connectivity index (χ4n) is 2.54. The van der Waals surface area contributed by atoms with Crippen LogP contribution in [0.1, 0.15) is 43.3 Å². The monoisotopic (exact) mass is 279 g/mol. The molecular formula is C13H21N5O2. The summed E-state index contributed by atoms with van der Waals surface area (Å²) < 4.78 is 5.29. The Morgan fingerprint density at radius 2 is 2.05 bits per heavy atom. The third-order valence-electron chi connectivity index (χ3n) is 4.12. The van der Waals surface area contributed by atoms with Crippen LogP contribution in [-0.4, -0.2) is 53.2 Å². The summed E-state index contributed by atoms with van der Waals surface area (Å²) in [4.78, 5) is 19.8. The summed E-state index contributed by atoms with van der Waals surface area (Å²) in [7, 11) is 3.52. The van der Waals surface area contributed by atoms with Gasteiger partial charge in [0.15, 0.2) is 5.82 Å². The lowest BCUT2D eigenvalue weighted by molar-refractivity contribution is 0.135. The lowest BCUT2D eigenvalue weighted by Crippen LogP contribution is -2.52. The van der Waals surface area contributed by atoms with Gasteiger partial charge in [0.05, 0.1) is 5.54 Å². The van der Waals surface area contributed by atoms with Crippen LogP contribution in [0.25, 0.3) is 0 Å². The summed E-state index contributed by atoms with van der Waals surface area (Å²) in [5, 5.41) is 4.05. The number of aromatic nitrogens is 2. The van der Waals surface area contributed by atoms with Crippen molar-refractivity contribution in [3.05, 3.63) is 11.7 Å². The molecule has 0 bridgehead atoms. The van der Waals surface area contributed by atoms with E-state index >= 15 is 0 Å². The number of carbonyl (C=O) groups is 1. The molecule has 2 N–H and O–H groups in total. The number of urea groups is 1. The summed E-state index contributed by atoms with van der Waals surface area (Å²) in [6.07, 6.45) is 3.58. The van der Waals surface area contributed by atoms with Crippen LogP contribution in [0.3, 0.4) is 0 Å². The number of hydrogen-bond donors (Lipinski definition) is 1. The van der Waals surface area contributed by atoms with Gasteiger partial charge in [-0.2, -0.15) is 4.98 Å². The van der Waals surface area contributed by atoms with Gasteiger partial charge in [0.25, 0.3) is 0 Å². The standard InChI is InChI=1S/C13H21N5O2/c1-17(2)12(19)18-7-5-13(14,6-8-18)11-15-10(20-16-11)9-3-4-9/h9H,3-8,14H2,1-2H3. The van der Waals surface area contributed by atoms with Gasteiger partial charge in [-0.1, -0.05) is 5.16 Å². The first kappa shape index (κ1) is 13.4. The van der Waals surface area contributed by atoms with E-state index in [2.05, 4.69) is 10.1 Å². The van der Waals surface area contributed by atoms with Crippen LogP contribution >= 0.6 is 0 Å². The fraction of sp³-hybridized carbons (Fsp3) is 0.769. The van der Waals surface area contributed by atoms with E-state index in [1.165, 1.54) is 0 Å². The predicted octanol–water partition coefficient (Wildman–Crippen LogP) is 0.878. The molecule has 1 aliphatic heterocycles. The normalized spacial score (nSPS) is 21.9. The first-order chi connectivity index (χ1) is 9.49. The molecule has 0 radical (unpaired) electrons. The quantitative estimate of drug-likeness (QED) is 0.868. The van der Waals surface area contributed by atoms with Crippen molar-refractivity contribution in [3.63, 3.8) is 0 Å². The molecule has 0 atom stereocenters. The Kier molecular flexibility index (Phi) is 3.16. The zero-order valence-electron chi connectivity index (χ0n) is 12.0. The molecule has 2 fully saturated rings. The second kappa shape index (κ2) is 4.73. The van der Waals surface area contributed by atoms with Gasteiger partial charge in [-0.25, -0.2) is 4.79 Å². The zero-order valence-corrected chi connectivity index (χ0v) is 12.0. The van der Waals surface area contributed by atoms with Crippen molar-refractivity contribution in [2.24, 2.45) is 5.73 Å². The number of nitrogens with zero attached hydrogens (tertiary/aromatic N) is 4. The highest BCUT2D eigenvalue weighted by molar-refractivity contribution is 5.73. The molecule has 7 nitrogen and oxygen atoms in total. The highest BCUT2D eigenvalue weighted by Gasteiger charge is 2.39. The van der Waals surface area contributed by atoms with E-state index in [0.717, 1.165) is 18.7 Å². The number of nitrogens with two attached hydrogens (primary N) is 1. The van der Waals surface area contributed by atoms with Gasteiger partial charge >= 0.3 is 6.03 Å². The number of likely N-dealkylation sites (tertiary alicyclic amines) is 1. The Bertz CT molecular complexity index is 501. The van der Waals surface area contributed by atoms with E-state index in [1.54, 1.807) is 19.0 Å². The van der Waals surface area contributed by atoms with E-state index in [1.807, 2.05) is 4.90 Å². The maximum absolute atomic E-state index is 11.9. The third kappa shape index (κ3) is 2.37. The molecule has 1 aromatic rings. The molecule has 7 heteroatoms. The molecule has 2 amide bonds. The Morgan fingerprint density at radius 3 is 2.60 bits per heavy atom. The summed E-state index contributed by atoms with van der Waals surface area (Å²) in [5.74, 6) is 1.75. The predicted molar refractivity (Wildman–Crippen MR) is 72.0 cm³/mol. The molecule has 0 aromatic carbocycles. The number of rotatable bonds is 2. The van der Waals surface area contributed by atoms with Gasteiger partial charge in [-0.3, -0.25) is 0 Å². The van der Waals surface area contributed by atoms with Crippen molar-refractivity contribution in [1.82, 2.24) is 19.9 Å². The lowest BCUT2D eigenvalue weighted by Gasteiger charge is -2.38. The topological polar surface area (TPSA) is 88.5 Å². The largest absolute Gasteiger partial charge is 0.339 e. The molecule has 3 rings (SSSR count). The first-order valence-corrected chi connectivity index (χ1v) is 7.09. The van der Waals surface area contributed by atoms with Crippen molar-refractivity contribution in [1.29, 1.82) is 0 Å². The van der Waals surface area contributed by atoms with Gasteiger partial charge < -0.3 is 20.1 Å². The molecule has 0 spiro atoms. The van der Waals surface area contributed by atoms with E-state index in [-0.39, 0.29) is 6.03 Å². The number of carbonyl (C=O) groups excluding carboxylic acids is 1. The second-order valence-electron chi connectivity index (χ2n) is 6.05. The fourth-order valence-corrected chi connectivity index (χ4v) is 2.54. The average Bonchev–Trinajstić information content (AvgIpc) is 3.16. The van der Waals surface area contributed by atoms with Crippen molar-refractivity contribution in [3.8, 4) is 0 Å². The van der Waals surface area contributed by atoms with Crippen LogP contribution in [-0.2, 0) is 5.54 Å². The van der Waals surface area contributed by atoms with Crippen molar-refractivity contribution < 1.29 is 9.32 Å². The number of amides is 2. The van der Waals surface area contributed by atoms with Crippen molar-refractivity contribution >= 4 is 6.03 Å². The number of piperidine rings is 1. The molecule has 1 aromatic heterocycles. The molecule has 1 aliphatic carbocycles. The van der Waals surface area contributed by atoms with Gasteiger partial charge in [-0.05, 0) is 25.7 Å². The Balaban J connectivity index is 1.67. The summed E-state index contributed by atoms with van der Waals surface area (Å²) in [6.45, 7) is 1.25. The molecule has 2 heterocycles. The maximum atomic E-state index is 11.9. The third-order valence-corrected chi connectivity index (χ3v) is 4.12. The second-order valence-corrected chi connectivity index (χ2v) is 6.05. The molecule has 1 saturated carbocycles. The van der Waals surface area contributed by atoms with Gasteiger partial charge in [0.2, 0.25) is 5.89 Å². The van der Waals surface area contributed by atoms with Crippen LogP contribution in [0.2, 0.25) is 0 Å². The number of hydrogen-bond acceptors (Lipinski definition) is 5. The molecule has 0 unspecified atom stereocenters. The van der Waals surface area contributed by atoms with Gasteiger partial charge in [-0.15, -0.1) is 0 Å². The summed E-state index contributed by atoms with van der Waals surface area (Å²) in [6, 6.07) is 0.0267. The summed E-state index contributed by atoms with van der Waals surface area (Å²) >= 11 is 0. The minimum Gasteiger partial charge on any atom is -0.339 e. The van der Waals surface area contributed by atoms with E-state index in [0.29, 0.717) is 37.7 Å².